The van der Waals surface area contributed by atoms with Gasteiger partial charge in [0.1, 0.15) is 28.0 Å². The number of hydrogen-bond acceptors (Lipinski definition) is 6. The van der Waals surface area contributed by atoms with Crippen molar-refractivity contribution in [1.82, 2.24) is 4.98 Å². The smallest absolute Gasteiger partial charge is 0.339 e. The Morgan fingerprint density at radius 2 is 2.04 bits per heavy atom. The predicted molar refractivity (Wildman–Crippen MR) is 109 cm³/mol. The van der Waals surface area contributed by atoms with Gasteiger partial charge >= 0.3 is 5.97 Å². The molecule has 140 valence electrons. The summed E-state index contributed by atoms with van der Waals surface area (Å²) in [6.07, 6.45) is 1.47. The third-order valence-electron chi connectivity index (χ3n) is 4.12. The molecule has 1 heterocycles. The van der Waals surface area contributed by atoms with Crippen molar-refractivity contribution in [2.75, 3.05) is 5.32 Å². The normalized spacial score (nSPS) is 11.1. The van der Waals surface area contributed by atoms with Crippen molar-refractivity contribution in [2.24, 2.45) is 0 Å². The quantitative estimate of drug-likeness (QED) is 0.426. The van der Waals surface area contributed by atoms with Crippen molar-refractivity contribution in [3.63, 3.8) is 0 Å². The lowest BCUT2D eigenvalue weighted by Gasteiger charge is -2.05. The van der Waals surface area contributed by atoms with Gasteiger partial charge in [-0.2, -0.15) is 5.26 Å². The van der Waals surface area contributed by atoms with Crippen LogP contribution in [0.2, 0.25) is 0 Å². The summed E-state index contributed by atoms with van der Waals surface area (Å²) in [5, 5.41) is 33.5. The Balaban J connectivity index is 1.86. The molecule has 3 rings (SSSR count). The summed E-state index contributed by atoms with van der Waals surface area (Å²) in [6.45, 7) is 4.05. The maximum atomic E-state index is 11.1. The van der Waals surface area contributed by atoms with Gasteiger partial charge in [-0.15, -0.1) is 11.3 Å². The SMILES string of the molecule is Cc1ccc(-c2csc(/C(C#N)=C/Nc3ccc(O)c(C(=O)O)c3)n2)c(C)c1. The van der Waals surface area contributed by atoms with Crippen LogP contribution in [0.25, 0.3) is 16.8 Å². The molecule has 0 aliphatic rings. The van der Waals surface area contributed by atoms with Gasteiger partial charge in [0.05, 0.1) is 5.69 Å². The summed E-state index contributed by atoms with van der Waals surface area (Å²) in [4.78, 5) is 15.7. The fourth-order valence-corrected chi connectivity index (χ4v) is 3.50. The first-order chi connectivity index (χ1) is 13.4. The second kappa shape index (κ2) is 7.94. The molecule has 3 N–H and O–H groups in total. The minimum atomic E-state index is -1.23. The van der Waals surface area contributed by atoms with Gasteiger partial charge in [-0.05, 0) is 37.6 Å². The molecule has 0 aliphatic heterocycles. The lowest BCUT2D eigenvalue weighted by Crippen LogP contribution is -1.99. The number of thiazole rings is 1. The average Bonchev–Trinajstić information content (AvgIpc) is 3.13. The van der Waals surface area contributed by atoms with E-state index in [0.717, 1.165) is 16.8 Å². The first-order valence-corrected chi connectivity index (χ1v) is 9.23. The van der Waals surface area contributed by atoms with E-state index in [9.17, 15) is 15.2 Å². The standard InChI is InChI=1S/C21H17N3O3S/c1-12-3-5-16(13(2)7-12)18-11-28-20(24-18)14(9-22)10-23-15-4-6-19(25)17(8-15)21(26)27/h3-8,10-11,23,25H,1-2H3,(H,26,27)/b14-10+. The Bertz CT molecular complexity index is 1130. The fraction of sp³-hybridized carbons (Fsp3) is 0.0952. The summed E-state index contributed by atoms with van der Waals surface area (Å²) in [5.74, 6) is -1.55. The van der Waals surface area contributed by atoms with Gasteiger partial charge in [0.25, 0.3) is 0 Å². The van der Waals surface area contributed by atoms with Crippen molar-refractivity contribution in [1.29, 1.82) is 5.26 Å². The number of nitriles is 1. The molecule has 0 atom stereocenters. The summed E-state index contributed by atoms with van der Waals surface area (Å²) >= 11 is 1.36. The molecule has 0 radical (unpaired) electrons. The van der Waals surface area contributed by atoms with Crippen LogP contribution >= 0.6 is 11.3 Å². The maximum Gasteiger partial charge on any atom is 0.339 e. The van der Waals surface area contributed by atoms with Crippen molar-refractivity contribution >= 4 is 28.6 Å². The Morgan fingerprint density at radius 1 is 1.25 bits per heavy atom. The van der Waals surface area contributed by atoms with E-state index in [0.29, 0.717) is 16.3 Å². The van der Waals surface area contributed by atoms with E-state index < -0.39 is 5.97 Å². The highest BCUT2D eigenvalue weighted by Gasteiger charge is 2.12. The number of phenols is 1. The van der Waals surface area contributed by atoms with E-state index in [1.807, 2.05) is 31.4 Å². The highest BCUT2D eigenvalue weighted by molar-refractivity contribution is 7.11. The largest absolute Gasteiger partial charge is 0.507 e. The molecule has 1 aromatic heterocycles. The Kier molecular flexibility index (Phi) is 5.43. The summed E-state index contributed by atoms with van der Waals surface area (Å²) in [6, 6.07) is 12.3. The molecule has 6 nitrogen and oxygen atoms in total. The Labute approximate surface area is 166 Å². The number of nitrogens with one attached hydrogen (secondary N) is 1. The van der Waals surface area contributed by atoms with Crippen LogP contribution in [0.1, 0.15) is 26.5 Å². The van der Waals surface area contributed by atoms with Gasteiger partial charge in [-0.25, -0.2) is 9.78 Å². The zero-order chi connectivity index (χ0) is 20.3. The van der Waals surface area contributed by atoms with Gasteiger partial charge in [-0.1, -0.05) is 23.8 Å². The number of carboxylic acids is 1. The van der Waals surface area contributed by atoms with E-state index in [-0.39, 0.29) is 11.3 Å². The molecule has 0 bridgehead atoms. The van der Waals surface area contributed by atoms with Gasteiger partial charge in [0.15, 0.2) is 0 Å². The van der Waals surface area contributed by atoms with Gasteiger partial charge in [0.2, 0.25) is 0 Å². The topological polar surface area (TPSA) is 106 Å². The zero-order valence-corrected chi connectivity index (χ0v) is 16.0. The molecule has 7 heteroatoms. The third kappa shape index (κ3) is 4.03. The number of carbonyl (C=O) groups is 1. The van der Waals surface area contributed by atoms with Gasteiger partial charge in [-0.3, -0.25) is 0 Å². The maximum absolute atomic E-state index is 11.1. The molecule has 3 aromatic rings. The number of aromatic nitrogens is 1. The first-order valence-electron chi connectivity index (χ1n) is 8.35. The van der Waals surface area contributed by atoms with Crippen molar-refractivity contribution < 1.29 is 15.0 Å². The number of hydrogen-bond donors (Lipinski definition) is 3. The minimum Gasteiger partial charge on any atom is -0.507 e. The van der Waals surface area contributed by atoms with Crippen LogP contribution in [0.15, 0.2) is 48.0 Å². The van der Waals surface area contributed by atoms with E-state index in [4.69, 9.17) is 5.11 Å². The third-order valence-corrected chi connectivity index (χ3v) is 5.00. The number of aryl methyl sites for hydroxylation is 2. The van der Waals surface area contributed by atoms with Crippen LogP contribution in [0.3, 0.4) is 0 Å². The van der Waals surface area contributed by atoms with Crippen molar-refractivity contribution in [3.05, 3.63) is 69.7 Å². The average molecular weight is 391 g/mol. The van der Waals surface area contributed by atoms with E-state index >= 15 is 0 Å². The number of benzene rings is 2. The molecule has 0 saturated heterocycles. The predicted octanol–water partition coefficient (Wildman–Crippen LogP) is 4.81. The molecule has 0 aliphatic carbocycles. The number of carboxylic acid groups (broad SMARTS) is 1. The van der Waals surface area contributed by atoms with Crippen molar-refractivity contribution in [3.8, 4) is 23.1 Å². The Morgan fingerprint density at radius 3 is 2.71 bits per heavy atom. The molecule has 0 saturated carbocycles. The molecule has 0 unspecified atom stereocenters. The van der Waals surface area contributed by atoms with Crippen LogP contribution in [0.4, 0.5) is 5.69 Å². The summed E-state index contributed by atoms with van der Waals surface area (Å²) in [5.41, 5.74) is 4.65. The fourth-order valence-electron chi connectivity index (χ4n) is 2.72. The number of anilines is 1. The summed E-state index contributed by atoms with van der Waals surface area (Å²) in [7, 11) is 0. The molecule has 0 amide bonds. The number of aromatic carboxylic acids is 1. The molecule has 2 aromatic carbocycles. The van der Waals surface area contributed by atoms with E-state index in [1.165, 1.54) is 41.3 Å². The van der Waals surface area contributed by atoms with Crippen LogP contribution in [-0.4, -0.2) is 21.2 Å². The number of aromatic hydroxyl groups is 1. The van der Waals surface area contributed by atoms with Crippen LogP contribution in [-0.2, 0) is 0 Å². The highest BCUT2D eigenvalue weighted by atomic mass is 32.1. The minimum absolute atomic E-state index is 0.219. The van der Waals surface area contributed by atoms with Crippen LogP contribution in [0, 0.1) is 25.2 Å². The molecule has 28 heavy (non-hydrogen) atoms. The highest BCUT2D eigenvalue weighted by Crippen LogP contribution is 2.29. The molecule has 0 spiro atoms. The Hall–Kier alpha value is -3.63. The van der Waals surface area contributed by atoms with Gasteiger partial charge < -0.3 is 15.5 Å². The number of nitrogens with zero attached hydrogens (tertiary/aromatic N) is 2. The molecular weight excluding hydrogens is 374 g/mol. The molecule has 0 fully saturated rings. The lowest BCUT2D eigenvalue weighted by atomic mass is 10.0. The molecular formula is C21H17N3O3S. The second-order valence-electron chi connectivity index (χ2n) is 6.21. The monoisotopic (exact) mass is 391 g/mol. The van der Waals surface area contributed by atoms with Gasteiger partial charge in [0, 0.05) is 22.8 Å². The number of rotatable bonds is 5. The number of allylic oxidation sites excluding steroid dienone is 1. The second-order valence-corrected chi connectivity index (χ2v) is 7.07. The first kappa shape index (κ1) is 19.1. The summed E-state index contributed by atoms with van der Waals surface area (Å²) < 4.78 is 0. The van der Waals surface area contributed by atoms with Crippen molar-refractivity contribution in [2.45, 2.75) is 13.8 Å². The van der Waals surface area contributed by atoms with E-state index in [1.54, 1.807) is 0 Å². The van der Waals surface area contributed by atoms with E-state index in [2.05, 4.69) is 22.4 Å². The lowest BCUT2D eigenvalue weighted by molar-refractivity contribution is 0.0694. The van der Waals surface area contributed by atoms with Crippen LogP contribution in [0.5, 0.6) is 5.75 Å². The van der Waals surface area contributed by atoms with Crippen LogP contribution < -0.4 is 5.32 Å². The zero-order valence-electron chi connectivity index (χ0n) is 15.2.